The molecular weight excluding hydrogens is 248 g/mol. The molecule has 1 N–H and O–H groups in total. The van der Waals surface area contributed by atoms with Gasteiger partial charge in [0.25, 0.3) is 0 Å². The molecule has 0 unspecified atom stereocenters. The van der Waals surface area contributed by atoms with E-state index in [2.05, 4.69) is 38.7 Å². The monoisotopic (exact) mass is 266 g/mol. The number of hydrogen-bond donors (Lipinski definition) is 1. The van der Waals surface area contributed by atoms with Crippen molar-refractivity contribution in [2.24, 2.45) is 7.05 Å². The number of nitrogens with zero attached hydrogens (tertiary/aromatic N) is 5. The quantitative estimate of drug-likeness (QED) is 0.896. The lowest BCUT2D eigenvalue weighted by Gasteiger charge is -2.06. The number of aryl methyl sites for hydroxylation is 1. The average molecular weight is 266 g/mol. The van der Waals surface area contributed by atoms with Crippen LogP contribution in [0.15, 0.2) is 0 Å². The van der Waals surface area contributed by atoms with Gasteiger partial charge >= 0.3 is 0 Å². The van der Waals surface area contributed by atoms with E-state index >= 15 is 0 Å². The number of rotatable bonds is 5. The van der Waals surface area contributed by atoms with Crippen molar-refractivity contribution in [2.75, 3.05) is 5.32 Å². The Morgan fingerprint density at radius 1 is 1.33 bits per heavy atom. The fourth-order valence-corrected chi connectivity index (χ4v) is 2.30. The van der Waals surface area contributed by atoms with Crippen molar-refractivity contribution in [3.05, 3.63) is 17.5 Å². The summed E-state index contributed by atoms with van der Waals surface area (Å²) >= 11 is 1.38. The highest BCUT2D eigenvalue weighted by Crippen LogP contribution is 2.14. The molecule has 0 saturated carbocycles. The van der Waals surface area contributed by atoms with Gasteiger partial charge in [-0.3, -0.25) is 0 Å². The molecule has 0 bridgehead atoms. The van der Waals surface area contributed by atoms with Crippen LogP contribution in [0.2, 0.25) is 0 Å². The second-order valence-corrected chi connectivity index (χ2v) is 5.16. The minimum absolute atomic E-state index is 0.379. The highest BCUT2D eigenvalue weighted by Gasteiger charge is 2.11. The summed E-state index contributed by atoms with van der Waals surface area (Å²) in [5.41, 5.74) is 0. The predicted molar refractivity (Wildman–Crippen MR) is 71.7 cm³/mol. The molecule has 18 heavy (non-hydrogen) atoms. The van der Waals surface area contributed by atoms with Crippen LogP contribution >= 0.6 is 11.5 Å². The Kier molecular flexibility index (Phi) is 3.90. The van der Waals surface area contributed by atoms with Crippen LogP contribution in [0.3, 0.4) is 0 Å². The normalized spacial score (nSPS) is 11.2. The molecule has 0 radical (unpaired) electrons. The van der Waals surface area contributed by atoms with E-state index < -0.39 is 0 Å². The van der Waals surface area contributed by atoms with Crippen LogP contribution in [-0.2, 0) is 20.0 Å². The third-order valence-corrected chi connectivity index (χ3v) is 3.41. The van der Waals surface area contributed by atoms with Gasteiger partial charge in [-0.1, -0.05) is 20.8 Å². The van der Waals surface area contributed by atoms with Crippen molar-refractivity contribution >= 4 is 16.7 Å². The lowest BCUT2D eigenvalue weighted by Crippen LogP contribution is -2.08. The predicted octanol–water partition coefficient (Wildman–Crippen LogP) is 1.96. The van der Waals surface area contributed by atoms with E-state index in [9.17, 15) is 0 Å². The maximum atomic E-state index is 4.35. The van der Waals surface area contributed by atoms with Gasteiger partial charge in [0, 0.05) is 30.9 Å². The van der Waals surface area contributed by atoms with E-state index in [1.807, 2.05) is 18.5 Å². The Morgan fingerprint density at radius 3 is 2.67 bits per heavy atom. The summed E-state index contributed by atoms with van der Waals surface area (Å²) in [5, 5.41) is 12.4. The molecule has 0 aromatic carbocycles. The first kappa shape index (κ1) is 12.9. The lowest BCUT2D eigenvalue weighted by molar-refractivity contribution is 0.692. The number of aromatic nitrogens is 5. The zero-order chi connectivity index (χ0) is 13.1. The highest BCUT2D eigenvalue weighted by atomic mass is 32.1. The van der Waals surface area contributed by atoms with Gasteiger partial charge in [-0.15, -0.1) is 10.2 Å². The molecule has 2 heterocycles. The summed E-state index contributed by atoms with van der Waals surface area (Å²) in [6.07, 6.45) is 0.861. The van der Waals surface area contributed by atoms with Crippen LogP contribution < -0.4 is 5.32 Å². The van der Waals surface area contributed by atoms with Crippen molar-refractivity contribution in [3.63, 3.8) is 0 Å². The van der Waals surface area contributed by atoms with Crippen molar-refractivity contribution < 1.29 is 0 Å². The van der Waals surface area contributed by atoms with Crippen LogP contribution in [0.1, 0.15) is 44.2 Å². The van der Waals surface area contributed by atoms with E-state index in [-0.39, 0.29) is 0 Å². The Bertz CT molecular complexity index is 515. The van der Waals surface area contributed by atoms with Crippen LogP contribution in [0, 0.1) is 0 Å². The van der Waals surface area contributed by atoms with Gasteiger partial charge in [-0.2, -0.15) is 4.37 Å². The topological polar surface area (TPSA) is 68.5 Å². The molecule has 6 nitrogen and oxygen atoms in total. The number of hydrogen-bond acceptors (Lipinski definition) is 6. The molecule has 0 aliphatic heterocycles. The molecule has 2 aromatic heterocycles. The lowest BCUT2D eigenvalue weighted by atomic mass is 10.2. The largest absolute Gasteiger partial charge is 0.353 e. The summed E-state index contributed by atoms with van der Waals surface area (Å²) in [4.78, 5) is 4.35. The SMILES string of the molecule is CCc1nsc(NCc2nnc(C(C)C)n2C)n1. The summed E-state index contributed by atoms with van der Waals surface area (Å²) in [7, 11) is 1.99. The Balaban J connectivity index is 2.02. The molecule has 2 aromatic rings. The molecular formula is C11H18N6S. The smallest absolute Gasteiger partial charge is 0.202 e. The third-order valence-electron chi connectivity index (χ3n) is 2.70. The Morgan fingerprint density at radius 2 is 2.11 bits per heavy atom. The summed E-state index contributed by atoms with van der Waals surface area (Å²) in [6.45, 7) is 6.89. The zero-order valence-corrected chi connectivity index (χ0v) is 12.0. The van der Waals surface area contributed by atoms with Gasteiger partial charge in [0.2, 0.25) is 5.13 Å². The standard InChI is InChI=1S/C11H18N6S/c1-5-8-13-11(18-16-8)12-6-9-14-15-10(7(2)3)17(9)4/h7H,5-6H2,1-4H3,(H,12,13,16). The first-order valence-electron chi connectivity index (χ1n) is 6.06. The fourth-order valence-electron chi connectivity index (χ4n) is 1.66. The van der Waals surface area contributed by atoms with Crippen molar-refractivity contribution in [1.82, 2.24) is 24.1 Å². The van der Waals surface area contributed by atoms with Gasteiger partial charge in [0.05, 0.1) is 6.54 Å². The first-order chi connectivity index (χ1) is 8.61. The minimum atomic E-state index is 0.379. The number of anilines is 1. The van der Waals surface area contributed by atoms with Crippen LogP contribution in [-0.4, -0.2) is 24.1 Å². The van der Waals surface area contributed by atoms with Gasteiger partial charge in [0.1, 0.15) is 11.6 Å². The van der Waals surface area contributed by atoms with E-state index in [0.717, 1.165) is 29.0 Å². The summed E-state index contributed by atoms with van der Waals surface area (Å²) < 4.78 is 6.26. The molecule has 0 fully saturated rings. The summed E-state index contributed by atoms with van der Waals surface area (Å²) in [5.74, 6) is 3.16. The van der Waals surface area contributed by atoms with E-state index in [1.165, 1.54) is 11.5 Å². The molecule has 7 heteroatoms. The average Bonchev–Trinajstić information content (AvgIpc) is 2.93. The van der Waals surface area contributed by atoms with E-state index in [0.29, 0.717) is 12.5 Å². The summed E-state index contributed by atoms with van der Waals surface area (Å²) in [6, 6.07) is 0. The van der Waals surface area contributed by atoms with Crippen LogP contribution in [0.4, 0.5) is 5.13 Å². The van der Waals surface area contributed by atoms with Crippen molar-refractivity contribution in [1.29, 1.82) is 0 Å². The first-order valence-corrected chi connectivity index (χ1v) is 6.83. The maximum Gasteiger partial charge on any atom is 0.202 e. The van der Waals surface area contributed by atoms with Gasteiger partial charge in [-0.05, 0) is 0 Å². The van der Waals surface area contributed by atoms with Gasteiger partial charge in [0.15, 0.2) is 5.82 Å². The van der Waals surface area contributed by atoms with E-state index in [1.54, 1.807) is 0 Å². The fraction of sp³-hybridized carbons (Fsp3) is 0.636. The Hall–Kier alpha value is -1.50. The molecule has 0 saturated heterocycles. The number of nitrogens with one attached hydrogen (secondary N) is 1. The molecule has 0 aliphatic rings. The molecule has 0 aliphatic carbocycles. The maximum absolute atomic E-state index is 4.35. The van der Waals surface area contributed by atoms with Crippen LogP contribution in [0.5, 0.6) is 0 Å². The molecule has 0 amide bonds. The molecule has 0 atom stereocenters. The second-order valence-electron chi connectivity index (χ2n) is 4.41. The van der Waals surface area contributed by atoms with Crippen molar-refractivity contribution in [2.45, 2.75) is 39.7 Å². The molecule has 98 valence electrons. The molecule has 0 spiro atoms. The molecule has 2 rings (SSSR count). The zero-order valence-electron chi connectivity index (χ0n) is 11.1. The second kappa shape index (κ2) is 5.43. The highest BCUT2D eigenvalue weighted by molar-refractivity contribution is 7.09. The van der Waals surface area contributed by atoms with Gasteiger partial charge < -0.3 is 9.88 Å². The minimum Gasteiger partial charge on any atom is -0.353 e. The van der Waals surface area contributed by atoms with Gasteiger partial charge in [-0.25, -0.2) is 4.98 Å². The van der Waals surface area contributed by atoms with Crippen molar-refractivity contribution in [3.8, 4) is 0 Å². The third kappa shape index (κ3) is 2.66. The Labute approximate surface area is 111 Å². The van der Waals surface area contributed by atoms with Crippen LogP contribution in [0.25, 0.3) is 0 Å². The van der Waals surface area contributed by atoms with E-state index in [4.69, 9.17) is 0 Å².